The SMILES string of the molecule is CO[C@@H]1C[C@H](C[C@@H](C)COC=O)CCC1O. The van der Waals surface area contributed by atoms with Gasteiger partial charge in [-0.3, -0.25) is 4.79 Å². The van der Waals surface area contributed by atoms with Crippen molar-refractivity contribution >= 4 is 6.47 Å². The Balaban J connectivity index is 2.29. The molecule has 1 rings (SSSR count). The molecule has 0 aromatic carbocycles. The number of aliphatic hydroxyl groups excluding tert-OH is 1. The van der Waals surface area contributed by atoms with Gasteiger partial charge in [-0.2, -0.15) is 0 Å². The van der Waals surface area contributed by atoms with E-state index in [2.05, 4.69) is 6.92 Å². The molecule has 0 saturated heterocycles. The number of methoxy groups -OCH3 is 1. The average Bonchev–Trinajstić information content (AvgIpc) is 2.29. The first-order chi connectivity index (χ1) is 7.67. The maximum absolute atomic E-state index is 10.1. The smallest absolute Gasteiger partial charge is 0.293 e. The van der Waals surface area contributed by atoms with Crippen molar-refractivity contribution in [2.75, 3.05) is 13.7 Å². The van der Waals surface area contributed by atoms with E-state index in [1.807, 2.05) is 0 Å². The second kappa shape index (κ2) is 6.86. The van der Waals surface area contributed by atoms with Gasteiger partial charge in [0.15, 0.2) is 0 Å². The fourth-order valence-electron chi connectivity index (χ4n) is 2.50. The van der Waals surface area contributed by atoms with Gasteiger partial charge in [0.1, 0.15) is 0 Å². The molecule has 0 amide bonds. The molecular formula is C12H22O4. The molecule has 1 aliphatic carbocycles. The molecule has 0 heterocycles. The lowest BCUT2D eigenvalue weighted by atomic mass is 9.80. The Hall–Kier alpha value is -0.610. The molecule has 94 valence electrons. The van der Waals surface area contributed by atoms with Gasteiger partial charge in [-0.05, 0) is 37.5 Å². The molecule has 0 aliphatic heterocycles. The number of aliphatic hydroxyl groups is 1. The molecule has 0 aromatic heterocycles. The lowest BCUT2D eigenvalue weighted by Crippen LogP contribution is -2.35. The van der Waals surface area contributed by atoms with Gasteiger partial charge >= 0.3 is 0 Å². The Morgan fingerprint density at radius 1 is 1.50 bits per heavy atom. The maximum Gasteiger partial charge on any atom is 0.293 e. The second-order valence-corrected chi connectivity index (χ2v) is 4.79. The second-order valence-electron chi connectivity index (χ2n) is 4.79. The molecule has 16 heavy (non-hydrogen) atoms. The third kappa shape index (κ3) is 4.10. The zero-order valence-electron chi connectivity index (χ0n) is 10.1. The van der Waals surface area contributed by atoms with Crippen LogP contribution in [-0.2, 0) is 14.3 Å². The summed E-state index contributed by atoms with van der Waals surface area (Å²) in [6, 6.07) is 0. The van der Waals surface area contributed by atoms with Crippen molar-refractivity contribution in [1.29, 1.82) is 0 Å². The van der Waals surface area contributed by atoms with Gasteiger partial charge in [0.2, 0.25) is 0 Å². The Kier molecular flexibility index (Phi) is 5.77. The van der Waals surface area contributed by atoms with Gasteiger partial charge in [-0.1, -0.05) is 6.92 Å². The van der Waals surface area contributed by atoms with Gasteiger partial charge in [-0.25, -0.2) is 0 Å². The average molecular weight is 230 g/mol. The van der Waals surface area contributed by atoms with Gasteiger partial charge in [0, 0.05) is 7.11 Å². The first kappa shape index (κ1) is 13.5. The molecule has 0 aromatic rings. The molecular weight excluding hydrogens is 208 g/mol. The Morgan fingerprint density at radius 2 is 2.25 bits per heavy atom. The molecule has 1 saturated carbocycles. The van der Waals surface area contributed by atoms with Crippen LogP contribution >= 0.6 is 0 Å². The van der Waals surface area contributed by atoms with Crippen LogP contribution in [0, 0.1) is 11.8 Å². The first-order valence-electron chi connectivity index (χ1n) is 5.93. The van der Waals surface area contributed by atoms with Gasteiger partial charge in [0.25, 0.3) is 6.47 Å². The normalized spacial score (nSPS) is 32.1. The van der Waals surface area contributed by atoms with Crippen LogP contribution in [-0.4, -0.2) is 37.5 Å². The van der Waals surface area contributed by atoms with Crippen LogP contribution in [0.4, 0.5) is 0 Å². The molecule has 0 bridgehead atoms. The summed E-state index contributed by atoms with van der Waals surface area (Å²) in [5, 5.41) is 9.67. The van der Waals surface area contributed by atoms with Crippen molar-refractivity contribution in [3.63, 3.8) is 0 Å². The molecule has 0 spiro atoms. The molecule has 4 atom stereocenters. The number of hydrogen-bond acceptors (Lipinski definition) is 4. The Bertz CT molecular complexity index is 207. The topological polar surface area (TPSA) is 55.8 Å². The van der Waals surface area contributed by atoms with Crippen molar-refractivity contribution in [3.05, 3.63) is 0 Å². The quantitative estimate of drug-likeness (QED) is 0.700. The fraction of sp³-hybridized carbons (Fsp3) is 0.917. The van der Waals surface area contributed by atoms with Crippen molar-refractivity contribution in [3.8, 4) is 0 Å². The zero-order valence-corrected chi connectivity index (χ0v) is 10.1. The van der Waals surface area contributed by atoms with E-state index in [0.717, 1.165) is 25.7 Å². The standard InChI is InChI=1S/C12H22O4/c1-9(7-16-8-13)5-10-3-4-11(14)12(6-10)15-2/h8-12,14H,3-7H2,1-2H3/t9-,10+,11?,12-/m1/s1. The van der Waals surface area contributed by atoms with Crippen molar-refractivity contribution in [2.45, 2.75) is 44.8 Å². The van der Waals surface area contributed by atoms with Gasteiger partial charge < -0.3 is 14.6 Å². The summed E-state index contributed by atoms with van der Waals surface area (Å²) in [5.41, 5.74) is 0. The van der Waals surface area contributed by atoms with E-state index in [0.29, 0.717) is 24.9 Å². The third-order valence-electron chi connectivity index (χ3n) is 3.35. The van der Waals surface area contributed by atoms with E-state index in [1.165, 1.54) is 0 Å². The summed E-state index contributed by atoms with van der Waals surface area (Å²) >= 11 is 0. The predicted octanol–water partition coefficient (Wildman–Crippen LogP) is 1.36. The highest BCUT2D eigenvalue weighted by Crippen LogP contribution is 2.31. The van der Waals surface area contributed by atoms with Crippen LogP contribution < -0.4 is 0 Å². The van der Waals surface area contributed by atoms with Crippen molar-refractivity contribution in [2.24, 2.45) is 11.8 Å². The predicted molar refractivity (Wildman–Crippen MR) is 59.9 cm³/mol. The van der Waals surface area contributed by atoms with E-state index in [4.69, 9.17) is 9.47 Å². The van der Waals surface area contributed by atoms with Crippen LogP contribution in [0.2, 0.25) is 0 Å². The molecule has 1 fully saturated rings. The third-order valence-corrected chi connectivity index (χ3v) is 3.35. The van der Waals surface area contributed by atoms with Crippen LogP contribution in [0.3, 0.4) is 0 Å². The van der Waals surface area contributed by atoms with Crippen LogP contribution in [0.25, 0.3) is 0 Å². The minimum Gasteiger partial charge on any atom is -0.468 e. The Morgan fingerprint density at radius 3 is 2.88 bits per heavy atom. The number of rotatable bonds is 6. The molecule has 4 nitrogen and oxygen atoms in total. The molecule has 1 aliphatic rings. The largest absolute Gasteiger partial charge is 0.468 e. The van der Waals surface area contributed by atoms with E-state index in [9.17, 15) is 9.90 Å². The van der Waals surface area contributed by atoms with Crippen LogP contribution in [0.15, 0.2) is 0 Å². The highest BCUT2D eigenvalue weighted by Gasteiger charge is 2.29. The van der Waals surface area contributed by atoms with Gasteiger partial charge in [0.05, 0.1) is 18.8 Å². The van der Waals surface area contributed by atoms with E-state index in [-0.39, 0.29) is 12.2 Å². The first-order valence-corrected chi connectivity index (χ1v) is 5.93. The number of carbonyl (C=O) groups is 1. The van der Waals surface area contributed by atoms with E-state index >= 15 is 0 Å². The molecule has 0 radical (unpaired) electrons. The Labute approximate surface area is 96.9 Å². The molecule has 1 N–H and O–H groups in total. The van der Waals surface area contributed by atoms with Crippen molar-refractivity contribution < 1.29 is 19.4 Å². The number of ether oxygens (including phenoxy) is 2. The fourth-order valence-corrected chi connectivity index (χ4v) is 2.50. The van der Waals surface area contributed by atoms with Crippen LogP contribution in [0.1, 0.15) is 32.6 Å². The van der Waals surface area contributed by atoms with Crippen LogP contribution in [0.5, 0.6) is 0 Å². The summed E-state index contributed by atoms with van der Waals surface area (Å²) in [6.45, 7) is 3.07. The van der Waals surface area contributed by atoms with Gasteiger partial charge in [-0.15, -0.1) is 0 Å². The van der Waals surface area contributed by atoms with Crippen molar-refractivity contribution in [1.82, 2.24) is 0 Å². The highest BCUT2D eigenvalue weighted by molar-refractivity contribution is 5.36. The van der Waals surface area contributed by atoms with E-state index in [1.54, 1.807) is 7.11 Å². The monoisotopic (exact) mass is 230 g/mol. The summed E-state index contributed by atoms with van der Waals surface area (Å²) in [5.74, 6) is 0.946. The highest BCUT2D eigenvalue weighted by atomic mass is 16.5. The number of hydrogen-bond donors (Lipinski definition) is 1. The summed E-state index contributed by atoms with van der Waals surface area (Å²) < 4.78 is 10.0. The lowest BCUT2D eigenvalue weighted by molar-refractivity contribution is -0.130. The summed E-state index contributed by atoms with van der Waals surface area (Å²) in [6.07, 6.45) is 3.43. The maximum atomic E-state index is 10.1. The lowest BCUT2D eigenvalue weighted by Gasteiger charge is -2.33. The molecule has 1 unspecified atom stereocenters. The minimum absolute atomic E-state index is 0.0297. The molecule has 4 heteroatoms. The summed E-state index contributed by atoms with van der Waals surface area (Å²) in [4.78, 5) is 10.1. The number of carbonyl (C=O) groups excluding carboxylic acids is 1. The zero-order chi connectivity index (χ0) is 12.0. The van der Waals surface area contributed by atoms with E-state index < -0.39 is 0 Å². The minimum atomic E-state index is -0.317. The summed E-state index contributed by atoms with van der Waals surface area (Å²) in [7, 11) is 1.65.